The van der Waals surface area contributed by atoms with E-state index in [0.29, 0.717) is 15.8 Å². The first-order valence-corrected chi connectivity index (χ1v) is 4.87. The number of aliphatic hydroxyl groups is 1. The fraction of sp³-hybridized carbons (Fsp3) is 0.375. The zero-order valence-corrected chi connectivity index (χ0v) is 8.95. The van der Waals surface area contributed by atoms with Crippen LogP contribution in [0, 0.1) is 4.64 Å². The van der Waals surface area contributed by atoms with Gasteiger partial charge in [-0.1, -0.05) is 12.2 Å². The Labute approximate surface area is 90.8 Å². The minimum absolute atomic E-state index is 0.0123. The van der Waals surface area contributed by atoms with Gasteiger partial charge in [-0.3, -0.25) is 0 Å². The second kappa shape index (κ2) is 3.59. The molecule has 2 aromatic heterocycles. The van der Waals surface area contributed by atoms with E-state index in [1.807, 2.05) is 6.92 Å². The first-order chi connectivity index (χ1) is 7.13. The lowest BCUT2D eigenvalue weighted by Crippen LogP contribution is -2.09. The zero-order valence-electron chi connectivity index (χ0n) is 8.14. The lowest BCUT2D eigenvalue weighted by Gasteiger charge is -2.09. The minimum Gasteiger partial charge on any atom is -0.394 e. The summed E-state index contributed by atoms with van der Waals surface area (Å²) in [4.78, 5) is 11.0. The molecule has 0 saturated carbocycles. The van der Waals surface area contributed by atoms with Crippen molar-refractivity contribution in [2.45, 2.75) is 13.0 Å². The molecule has 6 nitrogen and oxygen atoms in total. The first kappa shape index (κ1) is 10.1. The Bertz CT molecular complexity index is 545. The Morgan fingerprint density at radius 1 is 1.73 bits per heavy atom. The molecular formula is C8H11N5OS. The van der Waals surface area contributed by atoms with E-state index in [4.69, 9.17) is 23.1 Å². The van der Waals surface area contributed by atoms with Gasteiger partial charge in [-0.25, -0.2) is 4.98 Å². The number of imidazole rings is 1. The van der Waals surface area contributed by atoms with Crippen molar-refractivity contribution in [3.63, 3.8) is 0 Å². The summed E-state index contributed by atoms with van der Waals surface area (Å²) >= 11 is 5.06. The van der Waals surface area contributed by atoms with Crippen molar-refractivity contribution >= 4 is 29.3 Å². The summed E-state index contributed by atoms with van der Waals surface area (Å²) < 4.78 is 2.20. The molecule has 2 rings (SSSR count). The van der Waals surface area contributed by atoms with Gasteiger partial charge in [0.2, 0.25) is 5.95 Å². The molecule has 0 aliphatic heterocycles. The van der Waals surface area contributed by atoms with Crippen molar-refractivity contribution in [1.29, 1.82) is 0 Å². The standard InChI is InChI=1S/C8H11N5OS/c1-4(2-14)13-3-10-5-6(13)11-8(9)12-7(5)15/h3-4,14H,2H2,1H3,(H3,9,11,12,15)/t4-/m1/s1. The smallest absolute Gasteiger partial charge is 0.200 e. The van der Waals surface area contributed by atoms with Crippen LogP contribution in [0.1, 0.15) is 13.0 Å². The zero-order chi connectivity index (χ0) is 11.0. The van der Waals surface area contributed by atoms with Crippen LogP contribution in [0.3, 0.4) is 0 Å². The van der Waals surface area contributed by atoms with Gasteiger partial charge < -0.3 is 20.4 Å². The number of hydrogen-bond acceptors (Lipinski definition) is 5. The van der Waals surface area contributed by atoms with E-state index in [1.54, 1.807) is 10.9 Å². The lowest BCUT2D eigenvalue weighted by molar-refractivity contribution is 0.241. The summed E-state index contributed by atoms with van der Waals surface area (Å²) in [5.74, 6) is 0.249. The van der Waals surface area contributed by atoms with Crippen molar-refractivity contribution < 1.29 is 5.11 Å². The molecule has 80 valence electrons. The van der Waals surface area contributed by atoms with Gasteiger partial charge in [0.05, 0.1) is 19.0 Å². The van der Waals surface area contributed by atoms with Gasteiger partial charge in [0.25, 0.3) is 0 Å². The van der Waals surface area contributed by atoms with Crippen molar-refractivity contribution in [2.75, 3.05) is 12.3 Å². The maximum absolute atomic E-state index is 9.06. The Morgan fingerprint density at radius 3 is 3.13 bits per heavy atom. The molecule has 0 radical (unpaired) electrons. The number of H-pyrrole nitrogens is 1. The summed E-state index contributed by atoms with van der Waals surface area (Å²) in [6.45, 7) is 1.87. The van der Waals surface area contributed by atoms with Crippen LogP contribution in [0.2, 0.25) is 0 Å². The van der Waals surface area contributed by atoms with Crippen LogP contribution in [-0.4, -0.2) is 31.2 Å². The maximum Gasteiger partial charge on any atom is 0.200 e. The second-order valence-corrected chi connectivity index (χ2v) is 3.72. The highest BCUT2D eigenvalue weighted by Gasteiger charge is 2.11. The third-order valence-electron chi connectivity index (χ3n) is 2.19. The van der Waals surface area contributed by atoms with Crippen LogP contribution in [0.5, 0.6) is 0 Å². The second-order valence-electron chi connectivity index (χ2n) is 3.31. The summed E-state index contributed by atoms with van der Waals surface area (Å²) in [5, 5.41) is 9.06. The molecule has 0 bridgehead atoms. The number of nitrogen functional groups attached to an aromatic ring is 1. The molecule has 0 aliphatic carbocycles. The number of anilines is 1. The van der Waals surface area contributed by atoms with Crippen molar-refractivity contribution in [3.8, 4) is 0 Å². The Morgan fingerprint density at radius 2 is 2.47 bits per heavy atom. The average molecular weight is 225 g/mol. The number of hydrogen-bond donors (Lipinski definition) is 3. The van der Waals surface area contributed by atoms with Gasteiger partial charge in [-0.05, 0) is 6.92 Å². The lowest BCUT2D eigenvalue weighted by atomic mass is 10.3. The topological polar surface area (TPSA) is 92.8 Å². The van der Waals surface area contributed by atoms with E-state index < -0.39 is 0 Å². The molecule has 0 amide bonds. The highest BCUT2D eigenvalue weighted by Crippen LogP contribution is 2.16. The number of rotatable bonds is 2. The molecule has 0 unspecified atom stereocenters. The van der Waals surface area contributed by atoms with E-state index in [-0.39, 0.29) is 18.6 Å². The average Bonchev–Trinajstić information content (AvgIpc) is 2.60. The summed E-state index contributed by atoms with van der Waals surface area (Å²) in [6, 6.07) is -0.0984. The summed E-state index contributed by atoms with van der Waals surface area (Å²) in [6.07, 6.45) is 1.60. The molecular weight excluding hydrogens is 214 g/mol. The van der Waals surface area contributed by atoms with Crippen LogP contribution in [-0.2, 0) is 0 Å². The van der Waals surface area contributed by atoms with Gasteiger partial charge in [0.1, 0.15) is 10.2 Å². The number of aromatic amines is 1. The van der Waals surface area contributed by atoms with Gasteiger partial charge in [-0.2, -0.15) is 4.98 Å². The predicted octanol–water partition coefficient (Wildman–Crippen LogP) is 0.624. The fourth-order valence-corrected chi connectivity index (χ4v) is 1.60. The quantitative estimate of drug-likeness (QED) is 0.652. The van der Waals surface area contributed by atoms with E-state index in [1.165, 1.54) is 0 Å². The number of aromatic nitrogens is 4. The van der Waals surface area contributed by atoms with Crippen LogP contribution in [0.4, 0.5) is 5.95 Å². The molecule has 1 atom stereocenters. The Balaban J connectivity index is 2.74. The highest BCUT2D eigenvalue weighted by molar-refractivity contribution is 7.71. The Kier molecular flexibility index (Phi) is 2.41. The molecule has 15 heavy (non-hydrogen) atoms. The van der Waals surface area contributed by atoms with Crippen molar-refractivity contribution in [3.05, 3.63) is 11.0 Å². The molecule has 0 aliphatic rings. The van der Waals surface area contributed by atoms with Crippen molar-refractivity contribution in [1.82, 2.24) is 19.5 Å². The molecule has 7 heteroatoms. The SMILES string of the molecule is C[C@H](CO)n1cnc2c(=S)[nH]c(N)nc21. The van der Waals surface area contributed by atoms with Crippen LogP contribution in [0.25, 0.3) is 11.2 Å². The number of fused-ring (bicyclic) bond motifs is 1. The highest BCUT2D eigenvalue weighted by atomic mass is 32.1. The predicted molar refractivity (Wildman–Crippen MR) is 58.9 cm³/mol. The number of nitrogens with two attached hydrogens (primary N) is 1. The van der Waals surface area contributed by atoms with Crippen LogP contribution >= 0.6 is 12.2 Å². The number of nitrogens with one attached hydrogen (secondary N) is 1. The summed E-state index contributed by atoms with van der Waals surface area (Å²) in [7, 11) is 0. The number of aliphatic hydroxyl groups excluding tert-OH is 1. The minimum atomic E-state index is -0.0984. The third-order valence-corrected chi connectivity index (χ3v) is 2.49. The first-order valence-electron chi connectivity index (χ1n) is 4.46. The molecule has 0 saturated heterocycles. The van der Waals surface area contributed by atoms with E-state index in [2.05, 4.69) is 15.0 Å². The molecule has 0 aromatic carbocycles. The van der Waals surface area contributed by atoms with E-state index >= 15 is 0 Å². The van der Waals surface area contributed by atoms with Crippen molar-refractivity contribution in [2.24, 2.45) is 0 Å². The van der Waals surface area contributed by atoms with E-state index in [0.717, 1.165) is 0 Å². The van der Waals surface area contributed by atoms with Crippen LogP contribution in [0.15, 0.2) is 6.33 Å². The molecule has 2 heterocycles. The fourth-order valence-electron chi connectivity index (χ4n) is 1.35. The summed E-state index contributed by atoms with van der Waals surface area (Å²) in [5.41, 5.74) is 6.75. The molecule has 0 fully saturated rings. The van der Waals surface area contributed by atoms with Crippen LogP contribution < -0.4 is 5.73 Å². The largest absolute Gasteiger partial charge is 0.394 e. The normalized spacial score (nSPS) is 13.2. The third kappa shape index (κ3) is 1.59. The molecule has 4 N–H and O–H groups in total. The van der Waals surface area contributed by atoms with Gasteiger partial charge in [0.15, 0.2) is 5.65 Å². The molecule has 0 spiro atoms. The van der Waals surface area contributed by atoms with E-state index in [9.17, 15) is 0 Å². The van der Waals surface area contributed by atoms with Gasteiger partial charge >= 0.3 is 0 Å². The Hall–Kier alpha value is -1.47. The monoisotopic (exact) mass is 225 g/mol. The van der Waals surface area contributed by atoms with Gasteiger partial charge in [0, 0.05) is 0 Å². The maximum atomic E-state index is 9.06. The molecule has 2 aromatic rings. The number of nitrogens with zero attached hydrogens (tertiary/aromatic N) is 3. The van der Waals surface area contributed by atoms with Gasteiger partial charge in [-0.15, -0.1) is 0 Å².